The lowest BCUT2D eigenvalue weighted by molar-refractivity contribution is -0.126. The molecule has 22 heavy (non-hydrogen) atoms. The first kappa shape index (κ1) is 15.2. The Morgan fingerprint density at radius 1 is 1.27 bits per heavy atom. The van der Waals surface area contributed by atoms with Gasteiger partial charge in [0.05, 0.1) is 0 Å². The molecule has 1 amide bonds. The molecule has 118 valence electrons. The molecule has 1 N–H and O–H groups in total. The molecule has 0 radical (unpaired) electrons. The molecule has 4 heteroatoms. The largest absolute Gasteiger partial charge is 0.351 e. The summed E-state index contributed by atoms with van der Waals surface area (Å²) in [6.45, 7) is 2.69. The van der Waals surface area contributed by atoms with E-state index in [0.717, 1.165) is 31.5 Å². The summed E-state index contributed by atoms with van der Waals surface area (Å²) in [6, 6.07) is 3.73. The highest BCUT2D eigenvalue weighted by molar-refractivity contribution is 5.83. The Morgan fingerprint density at radius 3 is 2.82 bits per heavy atom. The molecule has 0 aromatic carbocycles. The number of hydrogen-bond acceptors (Lipinski definition) is 3. The summed E-state index contributed by atoms with van der Waals surface area (Å²) in [6.07, 6.45) is 13.0. The highest BCUT2D eigenvalue weighted by Gasteiger charge is 2.29. The van der Waals surface area contributed by atoms with E-state index in [0.29, 0.717) is 6.54 Å². The summed E-state index contributed by atoms with van der Waals surface area (Å²) in [5.74, 6) is 0.112. The van der Waals surface area contributed by atoms with Gasteiger partial charge in [-0.25, -0.2) is 0 Å². The molecule has 0 bridgehead atoms. The van der Waals surface area contributed by atoms with E-state index in [9.17, 15) is 4.79 Å². The van der Waals surface area contributed by atoms with Crippen LogP contribution >= 0.6 is 0 Å². The van der Waals surface area contributed by atoms with Crippen LogP contribution in [0.2, 0.25) is 0 Å². The van der Waals surface area contributed by atoms with Crippen LogP contribution in [0.3, 0.4) is 0 Å². The van der Waals surface area contributed by atoms with Crippen LogP contribution in [0.4, 0.5) is 0 Å². The van der Waals surface area contributed by atoms with Crippen LogP contribution < -0.4 is 5.32 Å². The molecule has 1 aromatic rings. The van der Waals surface area contributed by atoms with Crippen LogP contribution in [0.15, 0.2) is 36.2 Å². The van der Waals surface area contributed by atoms with Gasteiger partial charge in [-0.1, -0.05) is 17.7 Å². The second kappa shape index (κ2) is 7.54. The molecule has 0 spiro atoms. The molecule has 2 aliphatic rings. The van der Waals surface area contributed by atoms with E-state index < -0.39 is 0 Å². The average Bonchev–Trinajstić information content (AvgIpc) is 3.09. The third kappa shape index (κ3) is 3.74. The molecule has 1 unspecified atom stereocenters. The topological polar surface area (TPSA) is 45.2 Å². The van der Waals surface area contributed by atoms with Crippen molar-refractivity contribution in [2.75, 3.05) is 19.6 Å². The third-order valence-corrected chi connectivity index (χ3v) is 4.63. The number of likely N-dealkylation sites (tertiary alicyclic amines) is 1. The lowest BCUT2D eigenvalue weighted by atomic mass is 9.99. The van der Waals surface area contributed by atoms with Gasteiger partial charge >= 0.3 is 0 Å². The normalized spacial score (nSPS) is 20.5. The first-order valence-corrected chi connectivity index (χ1v) is 8.44. The smallest absolute Gasteiger partial charge is 0.242 e. The summed E-state index contributed by atoms with van der Waals surface area (Å²) in [5, 5.41) is 3.15. The fourth-order valence-electron chi connectivity index (χ4n) is 3.43. The van der Waals surface area contributed by atoms with E-state index in [4.69, 9.17) is 0 Å². The molecular weight excluding hydrogens is 274 g/mol. The second-order valence-electron chi connectivity index (χ2n) is 6.26. The van der Waals surface area contributed by atoms with E-state index in [1.807, 2.05) is 18.3 Å². The van der Waals surface area contributed by atoms with Crippen LogP contribution in [-0.2, 0) is 4.79 Å². The standard InChI is InChI=1S/C18H25N3O/c22-18(20-13-15-7-2-1-3-8-15)17(21-11-4-5-12-21)16-9-6-10-19-14-16/h6-7,9-10,14,17H,1-5,8,11-13H2,(H,20,22). The van der Waals surface area contributed by atoms with Gasteiger partial charge in [0.2, 0.25) is 5.91 Å². The van der Waals surface area contributed by atoms with Gasteiger partial charge in [-0.15, -0.1) is 0 Å². The van der Waals surface area contributed by atoms with Gasteiger partial charge in [-0.3, -0.25) is 14.7 Å². The van der Waals surface area contributed by atoms with Crippen molar-refractivity contribution in [3.63, 3.8) is 0 Å². The number of carbonyl (C=O) groups excluding carboxylic acids is 1. The van der Waals surface area contributed by atoms with Crippen molar-refractivity contribution in [2.24, 2.45) is 0 Å². The van der Waals surface area contributed by atoms with Crippen LogP contribution in [0, 0.1) is 0 Å². The lowest BCUT2D eigenvalue weighted by Gasteiger charge is -2.27. The summed E-state index contributed by atoms with van der Waals surface area (Å²) >= 11 is 0. The first-order chi connectivity index (χ1) is 10.8. The molecule has 1 atom stereocenters. The van der Waals surface area contributed by atoms with Crippen molar-refractivity contribution >= 4 is 5.91 Å². The van der Waals surface area contributed by atoms with Gasteiger partial charge in [0.15, 0.2) is 0 Å². The lowest BCUT2D eigenvalue weighted by Crippen LogP contribution is -2.40. The predicted molar refractivity (Wildman–Crippen MR) is 87.3 cm³/mol. The molecule has 4 nitrogen and oxygen atoms in total. The number of aromatic nitrogens is 1. The molecule has 2 heterocycles. The van der Waals surface area contributed by atoms with Gasteiger partial charge in [0.25, 0.3) is 0 Å². The van der Waals surface area contributed by atoms with Crippen molar-refractivity contribution in [3.05, 3.63) is 41.7 Å². The number of nitrogens with one attached hydrogen (secondary N) is 1. The Labute approximate surface area is 132 Å². The molecule has 1 aromatic heterocycles. The summed E-state index contributed by atoms with van der Waals surface area (Å²) in [7, 11) is 0. The fourth-order valence-corrected chi connectivity index (χ4v) is 3.43. The minimum Gasteiger partial charge on any atom is -0.351 e. The maximum absolute atomic E-state index is 12.8. The molecule has 1 aliphatic heterocycles. The number of hydrogen-bond donors (Lipinski definition) is 1. The van der Waals surface area contributed by atoms with Crippen LogP contribution in [-0.4, -0.2) is 35.4 Å². The van der Waals surface area contributed by atoms with Gasteiger partial charge in [0, 0.05) is 18.9 Å². The first-order valence-electron chi connectivity index (χ1n) is 8.44. The summed E-state index contributed by atoms with van der Waals surface area (Å²) in [4.78, 5) is 19.2. The van der Waals surface area contributed by atoms with E-state index in [2.05, 4.69) is 21.3 Å². The van der Waals surface area contributed by atoms with Crippen molar-refractivity contribution in [1.82, 2.24) is 15.2 Å². The Balaban J connectivity index is 1.68. The summed E-state index contributed by atoms with van der Waals surface area (Å²) in [5.41, 5.74) is 2.38. The van der Waals surface area contributed by atoms with E-state index >= 15 is 0 Å². The number of carbonyl (C=O) groups is 1. The Bertz CT molecular complexity index is 520. The maximum atomic E-state index is 12.8. The zero-order valence-electron chi connectivity index (χ0n) is 13.1. The van der Waals surface area contributed by atoms with Crippen LogP contribution in [0.25, 0.3) is 0 Å². The van der Waals surface area contributed by atoms with Gasteiger partial charge in [-0.2, -0.15) is 0 Å². The SMILES string of the molecule is O=C(NCC1=CCCCC1)C(c1cccnc1)N1CCCC1. The fraction of sp³-hybridized carbons (Fsp3) is 0.556. The quantitative estimate of drug-likeness (QED) is 0.850. The molecule has 1 aliphatic carbocycles. The molecule has 1 fully saturated rings. The number of allylic oxidation sites excluding steroid dienone is 1. The van der Waals surface area contributed by atoms with Crippen molar-refractivity contribution in [2.45, 2.75) is 44.6 Å². The van der Waals surface area contributed by atoms with Gasteiger partial charge < -0.3 is 5.32 Å². The summed E-state index contributed by atoms with van der Waals surface area (Å²) < 4.78 is 0. The Kier molecular flexibility index (Phi) is 5.22. The monoisotopic (exact) mass is 299 g/mol. The van der Waals surface area contributed by atoms with Crippen molar-refractivity contribution in [1.29, 1.82) is 0 Å². The molecule has 1 saturated heterocycles. The second-order valence-corrected chi connectivity index (χ2v) is 6.26. The molecular formula is C18H25N3O. The number of pyridine rings is 1. The van der Waals surface area contributed by atoms with Gasteiger partial charge in [-0.05, 0) is 63.2 Å². The zero-order chi connectivity index (χ0) is 15.2. The third-order valence-electron chi connectivity index (χ3n) is 4.63. The Morgan fingerprint density at radius 2 is 2.14 bits per heavy atom. The van der Waals surface area contributed by atoms with Crippen LogP contribution in [0.1, 0.15) is 50.1 Å². The minimum absolute atomic E-state index is 0.112. The van der Waals surface area contributed by atoms with Gasteiger partial charge in [0.1, 0.15) is 6.04 Å². The van der Waals surface area contributed by atoms with E-state index in [1.165, 1.54) is 31.3 Å². The molecule has 0 saturated carbocycles. The highest BCUT2D eigenvalue weighted by atomic mass is 16.2. The van der Waals surface area contributed by atoms with Crippen molar-refractivity contribution in [3.8, 4) is 0 Å². The van der Waals surface area contributed by atoms with E-state index in [-0.39, 0.29) is 11.9 Å². The van der Waals surface area contributed by atoms with Crippen molar-refractivity contribution < 1.29 is 4.79 Å². The zero-order valence-corrected chi connectivity index (χ0v) is 13.1. The average molecular weight is 299 g/mol. The van der Waals surface area contributed by atoms with Crippen LogP contribution in [0.5, 0.6) is 0 Å². The maximum Gasteiger partial charge on any atom is 0.242 e. The number of amides is 1. The minimum atomic E-state index is -0.194. The molecule has 3 rings (SSSR count). The number of rotatable bonds is 5. The number of nitrogens with zero attached hydrogens (tertiary/aromatic N) is 2. The highest BCUT2D eigenvalue weighted by Crippen LogP contribution is 2.25. The predicted octanol–water partition coefficient (Wildman–Crippen LogP) is 2.84. The Hall–Kier alpha value is -1.68. The van der Waals surface area contributed by atoms with E-state index in [1.54, 1.807) is 6.20 Å².